The number of rotatable bonds is 6. The molecule has 2 N–H and O–H groups in total. The lowest BCUT2D eigenvalue weighted by Gasteiger charge is -2.08. The Morgan fingerprint density at radius 3 is 2.39 bits per heavy atom. The Bertz CT molecular complexity index is 1010. The third kappa shape index (κ3) is 5.37. The fourth-order valence-electron chi connectivity index (χ4n) is 2.33. The van der Waals surface area contributed by atoms with Gasteiger partial charge in [-0.05, 0) is 30.7 Å². The molecule has 28 heavy (non-hydrogen) atoms. The number of thiazole rings is 1. The Morgan fingerprint density at radius 1 is 1.14 bits per heavy atom. The van der Waals surface area contributed by atoms with Crippen LogP contribution in [0.4, 0.5) is 0 Å². The average molecular weight is 488 g/mol. The Labute approximate surface area is 186 Å². The van der Waals surface area contributed by atoms with Crippen LogP contribution in [0.2, 0.25) is 0 Å². The number of halogens is 3. The number of aromatic nitrogens is 3. The van der Waals surface area contributed by atoms with Crippen LogP contribution in [0.15, 0.2) is 45.9 Å². The second kappa shape index (κ2) is 11.0. The molecule has 0 atom stereocenters. The van der Waals surface area contributed by atoms with E-state index in [-0.39, 0.29) is 52.9 Å². The Hall–Kier alpha value is -1.36. The number of hydrogen-bond acceptors (Lipinski definition) is 7. The topological polar surface area (TPSA) is 100 Å². The molecule has 1 aromatic carbocycles. The number of ether oxygens (including phenoxy) is 1. The molecule has 0 saturated heterocycles. The number of aryl methyl sites for hydroxylation is 1. The van der Waals surface area contributed by atoms with Gasteiger partial charge in [0.25, 0.3) is 0 Å². The first kappa shape index (κ1) is 26.6. The minimum atomic E-state index is -3.70. The summed E-state index contributed by atoms with van der Waals surface area (Å²) in [7, 11) is -2.19. The molecule has 0 radical (unpaired) electrons. The highest BCUT2D eigenvalue weighted by atomic mass is 35.5. The van der Waals surface area contributed by atoms with Crippen LogP contribution in [0.25, 0.3) is 11.1 Å². The zero-order valence-corrected chi connectivity index (χ0v) is 19.1. The molecule has 0 aliphatic heterocycles. The molecule has 0 unspecified atom stereocenters. The third-order valence-electron chi connectivity index (χ3n) is 3.69. The van der Waals surface area contributed by atoms with Crippen LogP contribution in [0.5, 0.6) is 5.75 Å². The van der Waals surface area contributed by atoms with Crippen molar-refractivity contribution in [1.82, 2.24) is 14.8 Å². The molecule has 7 nitrogen and oxygen atoms in total. The number of methoxy groups -OCH3 is 1. The zero-order valence-electron chi connectivity index (χ0n) is 15.1. The summed E-state index contributed by atoms with van der Waals surface area (Å²) in [6.45, 7) is 2.93. The number of sulfone groups is 1. The van der Waals surface area contributed by atoms with E-state index in [1.54, 1.807) is 23.0 Å². The van der Waals surface area contributed by atoms with Crippen molar-refractivity contribution in [3.63, 3.8) is 0 Å². The second-order valence-corrected chi connectivity index (χ2v) is 8.55. The molecule has 0 bridgehead atoms. The van der Waals surface area contributed by atoms with Crippen molar-refractivity contribution in [3.8, 4) is 16.9 Å². The van der Waals surface area contributed by atoms with Crippen LogP contribution in [0, 0.1) is 0 Å². The minimum Gasteiger partial charge on any atom is -0.497 e. The Morgan fingerprint density at radius 2 is 1.86 bits per heavy atom. The summed E-state index contributed by atoms with van der Waals surface area (Å²) in [5, 5.41) is 4.81. The van der Waals surface area contributed by atoms with Crippen LogP contribution in [-0.4, -0.2) is 30.3 Å². The summed E-state index contributed by atoms with van der Waals surface area (Å²) in [5.41, 5.74) is 7.08. The lowest BCUT2D eigenvalue weighted by Crippen LogP contribution is -2.01. The van der Waals surface area contributed by atoms with E-state index in [0.29, 0.717) is 10.8 Å². The van der Waals surface area contributed by atoms with E-state index in [1.807, 2.05) is 13.1 Å². The minimum absolute atomic E-state index is 0. The number of nitrogens with two attached hydrogens (primary N) is 1. The summed E-state index contributed by atoms with van der Waals surface area (Å²) < 4.78 is 33.1. The number of benzene rings is 1. The zero-order chi connectivity index (χ0) is 18.0. The Balaban J connectivity index is 0.00000243. The average Bonchev–Trinajstić information content (AvgIpc) is 3.30. The molecule has 156 valence electrons. The van der Waals surface area contributed by atoms with Gasteiger partial charge in [-0.2, -0.15) is 5.10 Å². The molecule has 0 amide bonds. The molecule has 3 rings (SSSR count). The maximum atomic E-state index is 12.9. The molecule has 0 saturated carbocycles. The lowest BCUT2D eigenvalue weighted by atomic mass is 10.1. The quantitative estimate of drug-likeness (QED) is 0.570. The van der Waals surface area contributed by atoms with Crippen molar-refractivity contribution < 1.29 is 13.2 Å². The van der Waals surface area contributed by atoms with Crippen LogP contribution in [0.3, 0.4) is 0 Å². The predicted octanol–water partition coefficient (Wildman–Crippen LogP) is 3.59. The van der Waals surface area contributed by atoms with E-state index in [4.69, 9.17) is 10.5 Å². The summed E-state index contributed by atoms with van der Waals surface area (Å²) in [6, 6.07) is 4.91. The summed E-state index contributed by atoms with van der Waals surface area (Å²) >= 11 is 1.08. The highest BCUT2D eigenvalue weighted by Gasteiger charge is 2.22. The highest BCUT2D eigenvalue weighted by Crippen LogP contribution is 2.32. The predicted molar refractivity (Wildman–Crippen MR) is 117 cm³/mol. The third-order valence-corrected chi connectivity index (χ3v) is 6.90. The van der Waals surface area contributed by atoms with Crippen molar-refractivity contribution in [2.45, 2.75) is 29.1 Å². The maximum Gasteiger partial charge on any atom is 0.217 e. The van der Waals surface area contributed by atoms with Gasteiger partial charge in [-0.15, -0.1) is 48.6 Å². The van der Waals surface area contributed by atoms with E-state index < -0.39 is 9.84 Å². The summed E-state index contributed by atoms with van der Waals surface area (Å²) in [5.74, 6) is 0.462. The van der Waals surface area contributed by atoms with Gasteiger partial charge in [-0.1, -0.05) is 0 Å². The van der Waals surface area contributed by atoms with Crippen LogP contribution in [-0.2, 0) is 22.9 Å². The fourth-order valence-corrected chi connectivity index (χ4v) is 4.84. The van der Waals surface area contributed by atoms with Gasteiger partial charge in [0, 0.05) is 24.8 Å². The van der Waals surface area contributed by atoms with Crippen molar-refractivity contribution in [2.24, 2.45) is 5.73 Å². The van der Waals surface area contributed by atoms with Gasteiger partial charge in [-0.25, -0.2) is 13.4 Å². The molecular weight excluding hydrogens is 467 g/mol. The van der Waals surface area contributed by atoms with Crippen LogP contribution in [0.1, 0.15) is 11.9 Å². The van der Waals surface area contributed by atoms with Crippen molar-refractivity contribution >= 4 is 58.4 Å². The van der Waals surface area contributed by atoms with Gasteiger partial charge in [-0.3, -0.25) is 4.68 Å². The standard InChI is InChI=1S/C16H18N4O3S2.3ClH/c1-3-20-10-12(8-19-20)11-4-13(23-2)6-14(5-11)25(21,22)16-9-18-15(7-17)24-16;;;/h4-6,8-10H,3,7,17H2,1-2H3;3*1H. The van der Waals surface area contributed by atoms with E-state index >= 15 is 0 Å². The first-order valence-electron chi connectivity index (χ1n) is 7.59. The van der Waals surface area contributed by atoms with Crippen molar-refractivity contribution in [2.75, 3.05) is 7.11 Å². The molecule has 0 spiro atoms. The molecule has 3 aromatic rings. The van der Waals surface area contributed by atoms with Crippen LogP contribution < -0.4 is 10.5 Å². The Kier molecular flexibility index (Phi) is 10.5. The molecule has 2 heterocycles. The molecule has 0 aliphatic carbocycles. The summed E-state index contributed by atoms with van der Waals surface area (Å²) in [6.07, 6.45) is 4.91. The van der Waals surface area contributed by atoms with E-state index in [1.165, 1.54) is 19.4 Å². The van der Waals surface area contributed by atoms with Gasteiger partial charge in [0.05, 0.1) is 24.4 Å². The smallest absolute Gasteiger partial charge is 0.217 e. The molecular formula is C16H21Cl3N4O3S2. The van der Waals surface area contributed by atoms with E-state index in [2.05, 4.69) is 10.1 Å². The van der Waals surface area contributed by atoms with Gasteiger partial charge in [0.2, 0.25) is 9.84 Å². The number of hydrogen-bond donors (Lipinski definition) is 1. The largest absolute Gasteiger partial charge is 0.497 e. The van der Waals surface area contributed by atoms with E-state index in [9.17, 15) is 8.42 Å². The van der Waals surface area contributed by atoms with Crippen molar-refractivity contribution in [3.05, 3.63) is 41.8 Å². The van der Waals surface area contributed by atoms with E-state index in [0.717, 1.165) is 29.0 Å². The second-order valence-electron chi connectivity index (χ2n) is 5.26. The molecule has 12 heteroatoms. The fraction of sp³-hybridized carbons (Fsp3) is 0.250. The number of nitrogens with zero attached hydrogens (tertiary/aromatic N) is 3. The molecule has 0 fully saturated rings. The van der Waals surface area contributed by atoms with Crippen LogP contribution >= 0.6 is 48.6 Å². The van der Waals surface area contributed by atoms with Gasteiger partial charge < -0.3 is 10.5 Å². The molecule has 0 aliphatic rings. The van der Waals surface area contributed by atoms with Crippen molar-refractivity contribution in [1.29, 1.82) is 0 Å². The maximum absolute atomic E-state index is 12.9. The normalized spacial score (nSPS) is 10.4. The lowest BCUT2D eigenvalue weighted by molar-refractivity contribution is 0.413. The van der Waals surface area contributed by atoms with Gasteiger partial charge in [0.15, 0.2) is 0 Å². The highest BCUT2D eigenvalue weighted by molar-refractivity contribution is 7.93. The summed E-state index contributed by atoms with van der Waals surface area (Å²) in [4.78, 5) is 4.19. The monoisotopic (exact) mass is 486 g/mol. The molecule has 2 aromatic heterocycles. The van der Waals surface area contributed by atoms with Gasteiger partial charge in [0.1, 0.15) is 15.0 Å². The first-order chi connectivity index (χ1) is 12.0. The SMILES string of the molecule is CCn1cc(-c2cc(OC)cc(S(=O)(=O)c3cnc(CN)s3)c2)cn1.Cl.Cl.Cl. The van der Waals surface area contributed by atoms with Gasteiger partial charge >= 0.3 is 0 Å². The first-order valence-corrected chi connectivity index (χ1v) is 9.89.